The average molecular weight is 434 g/mol. The van der Waals surface area contributed by atoms with Crippen LogP contribution < -0.4 is 0 Å². The quantitative estimate of drug-likeness (QED) is 0.237. The lowest BCUT2D eigenvalue weighted by Gasteiger charge is -2.43. The van der Waals surface area contributed by atoms with Gasteiger partial charge in [0.1, 0.15) is 24.4 Å². The minimum absolute atomic E-state index is 0.113. The summed E-state index contributed by atoms with van der Waals surface area (Å²) in [5, 5.41) is 59.3. The van der Waals surface area contributed by atoms with Gasteiger partial charge in [-0.3, -0.25) is 4.79 Å². The summed E-state index contributed by atoms with van der Waals surface area (Å²) in [6, 6.07) is 0. The average Bonchev–Trinajstić information content (AvgIpc) is 3.03. The number of esters is 1. The number of carbonyl (C=O) groups excluding carboxylic acids is 1. The highest BCUT2D eigenvalue weighted by Gasteiger charge is 2.55. The van der Waals surface area contributed by atoms with Crippen molar-refractivity contribution in [3.63, 3.8) is 0 Å². The number of hydrogen-bond acceptors (Lipinski definition) is 11. The highest BCUT2D eigenvalue weighted by molar-refractivity contribution is 5.87. The molecule has 0 radical (unpaired) electrons. The van der Waals surface area contributed by atoms with Crippen molar-refractivity contribution in [2.45, 2.75) is 56.4 Å². The van der Waals surface area contributed by atoms with Crippen LogP contribution in [0, 0.1) is 17.8 Å². The van der Waals surface area contributed by atoms with E-state index in [-0.39, 0.29) is 18.6 Å². The zero-order valence-corrected chi connectivity index (χ0v) is 16.1. The number of hydrogen-bond donors (Lipinski definition) is 6. The van der Waals surface area contributed by atoms with Crippen molar-refractivity contribution in [3.05, 3.63) is 11.8 Å². The van der Waals surface area contributed by atoms with Crippen molar-refractivity contribution >= 4 is 11.9 Å². The first kappa shape index (κ1) is 22.9. The Morgan fingerprint density at radius 3 is 2.43 bits per heavy atom. The van der Waals surface area contributed by atoms with Crippen LogP contribution in [0.5, 0.6) is 0 Å². The molecule has 12 heteroatoms. The minimum atomic E-state index is -1.69. The van der Waals surface area contributed by atoms with E-state index in [0.717, 1.165) is 6.26 Å². The van der Waals surface area contributed by atoms with Crippen molar-refractivity contribution in [1.82, 2.24) is 0 Å². The van der Waals surface area contributed by atoms with Crippen molar-refractivity contribution in [3.8, 4) is 0 Å². The largest absolute Gasteiger partial charge is 0.478 e. The number of fused-ring (bicyclic) bond motifs is 1. The molecule has 1 aliphatic carbocycles. The molecule has 0 spiro atoms. The topological polar surface area (TPSA) is 192 Å². The number of carboxylic acids is 1. The number of carboxylic acid groups (broad SMARTS) is 1. The summed E-state index contributed by atoms with van der Waals surface area (Å²) in [7, 11) is 0. The molecule has 30 heavy (non-hydrogen) atoms. The van der Waals surface area contributed by atoms with E-state index in [0.29, 0.717) is 0 Å². The smallest absolute Gasteiger partial charge is 0.335 e. The van der Waals surface area contributed by atoms with Crippen LogP contribution in [0.1, 0.15) is 13.3 Å². The molecule has 2 heterocycles. The van der Waals surface area contributed by atoms with Crippen LogP contribution in [-0.4, -0.2) is 98.9 Å². The molecular weight excluding hydrogens is 408 g/mol. The Morgan fingerprint density at radius 1 is 1.13 bits per heavy atom. The van der Waals surface area contributed by atoms with Crippen molar-refractivity contribution < 1.29 is 59.2 Å². The fourth-order valence-corrected chi connectivity index (χ4v) is 4.31. The summed E-state index contributed by atoms with van der Waals surface area (Å²) in [5.74, 6) is -4.03. The lowest BCUT2D eigenvalue weighted by molar-refractivity contribution is -0.343. The van der Waals surface area contributed by atoms with Gasteiger partial charge in [0.15, 0.2) is 6.29 Å². The van der Waals surface area contributed by atoms with Crippen LogP contribution in [0.25, 0.3) is 0 Å². The van der Waals surface area contributed by atoms with Gasteiger partial charge >= 0.3 is 11.9 Å². The fraction of sp³-hybridized carbons (Fsp3) is 0.778. The van der Waals surface area contributed by atoms with Gasteiger partial charge in [-0.25, -0.2) is 4.79 Å². The van der Waals surface area contributed by atoms with Gasteiger partial charge in [0.05, 0.1) is 31.2 Å². The van der Waals surface area contributed by atoms with E-state index in [9.17, 15) is 40.2 Å². The SMILES string of the molecule is CC(=O)OCC1C[C@H](O)C2C(C(=O)O)=CO[C@@H](OC3O[C@H](CO)[C@@H](O)[C@H](O)C3O)C12. The maximum Gasteiger partial charge on any atom is 0.335 e. The molecule has 12 nitrogen and oxygen atoms in total. The Hall–Kier alpha value is -1.80. The molecule has 2 aliphatic heterocycles. The van der Waals surface area contributed by atoms with Gasteiger partial charge in [-0.05, 0) is 6.42 Å². The van der Waals surface area contributed by atoms with Crippen LogP contribution in [-0.2, 0) is 28.5 Å². The molecule has 10 atom stereocenters. The molecule has 0 aromatic heterocycles. The summed E-state index contributed by atoms with van der Waals surface area (Å²) >= 11 is 0. The maximum absolute atomic E-state index is 11.6. The highest BCUT2D eigenvalue weighted by Crippen LogP contribution is 2.47. The minimum Gasteiger partial charge on any atom is -0.478 e. The van der Waals surface area contributed by atoms with Crippen LogP contribution in [0.3, 0.4) is 0 Å². The summed E-state index contributed by atoms with van der Waals surface area (Å²) < 4.78 is 21.4. The third-order valence-corrected chi connectivity index (χ3v) is 5.78. The zero-order chi connectivity index (χ0) is 22.2. The molecule has 6 N–H and O–H groups in total. The molecule has 0 bridgehead atoms. The number of rotatable bonds is 6. The van der Waals surface area contributed by atoms with E-state index in [4.69, 9.17) is 18.9 Å². The molecule has 0 aromatic rings. The molecule has 3 aliphatic rings. The summed E-state index contributed by atoms with van der Waals surface area (Å²) in [4.78, 5) is 22.8. The second kappa shape index (κ2) is 9.14. The third kappa shape index (κ3) is 4.30. The molecule has 170 valence electrons. The third-order valence-electron chi connectivity index (χ3n) is 5.78. The molecule has 1 saturated heterocycles. The van der Waals surface area contributed by atoms with Crippen LogP contribution in [0.4, 0.5) is 0 Å². The molecule has 0 amide bonds. The van der Waals surface area contributed by atoms with Crippen LogP contribution in [0.2, 0.25) is 0 Å². The van der Waals surface area contributed by atoms with Gasteiger partial charge in [0.25, 0.3) is 0 Å². The molecular formula is C18H26O12. The van der Waals surface area contributed by atoms with E-state index in [1.54, 1.807) is 0 Å². The normalized spacial score (nSPS) is 43.3. The number of carbonyl (C=O) groups is 2. The molecule has 5 unspecified atom stereocenters. The molecule has 0 aromatic carbocycles. The Balaban J connectivity index is 1.83. The predicted molar refractivity (Wildman–Crippen MR) is 93.2 cm³/mol. The summed E-state index contributed by atoms with van der Waals surface area (Å²) in [5.41, 5.74) is -0.175. The standard InChI is InChI=1S/C18H26O12/c1-6(20)27-4-7-2-9(21)12-8(16(25)26)5-28-17(11(7)12)30-18-15(24)14(23)13(22)10(3-19)29-18/h5,7,9-15,17-19,21-24H,2-4H2,1H3,(H,25,26)/t7?,9-,10+,11?,12?,13+,14-,15?,17-,18?/m0/s1. The number of aliphatic hydroxyl groups is 5. The number of aliphatic hydroxyl groups excluding tert-OH is 5. The molecule has 1 saturated carbocycles. The lowest BCUT2D eigenvalue weighted by Crippen LogP contribution is -2.60. The van der Waals surface area contributed by atoms with Crippen molar-refractivity contribution in [2.75, 3.05) is 13.2 Å². The van der Waals surface area contributed by atoms with E-state index >= 15 is 0 Å². The molecule has 2 fully saturated rings. The van der Waals surface area contributed by atoms with Crippen molar-refractivity contribution in [2.24, 2.45) is 17.8 Å². The van der Waals surface area contributed by atoms with Crippen LogP contribution in [0.15, 0.2) is 11.8 Å². The highest BCUT2D eigenvalue weighted by atomic mass is 16.8. The first-order valence-corrected chi connectivity index (χ1v) is 9.51. The Labute approximate surface area is 171 Å². The van der Waals surface area contributed by atoms with Crippen molar-refractivity contribution in [1.29, 1.82) is 0 Å². The van der Waals surface area contributed by atoms with E-state index < -0.39 is 79.4 Å². The van der Waals surface area contributed by atoms with Gasteiger partial charge < -0.3 is 49.6 Å². The second-order valence-electron chi connectivity index (χ2n) is 7.69. The predicted octanol–water partition coefficient (Wildman–Crippen LogP) is -2.70. The zero-order valence-electron chi connectivity index (χ0n) is 16.1. The Morgan fingerprint density at radius 2 is 1.83 bits per heavy atom. The molecule has 3 rings (SSSR count). The Bertz CT molecular complexity index is 678. The van der Waals surface area contributed by atoms with Gasteiger partial charge in [-0.15, -0.1) is 0 Å². The fourth-order valence-electron chi connectivity index (χ4n) is 4.31. The van der Waals surface area contributed by atoms with E-state index in [1.807, 2.05) is 0 Å². The Kier molecular flexibility index (Phi) is 6.97. The monoisotopic (exact) mass is 434 g/mol. The van der Waals surface area contributed by atoms with Gasteiger partial charge in [-0.1, -0.05) is 0 Å². The summed E-state index contributed by atoms with van der Waals surface area (Å²) in [6.45, 7) is 0.447. The van der Waals surface area contributed by atoms with E-state index in [2.05, 4.69) is 0 Å². The summed E-state index contributed by atoms with van der Waals surface area (Å²) in [6.07, 6.45) is -8.89. The van der Waals surface area contributed by atoms with E-state index in [1.165, 1.54) is 6.92 Å². The lowest BCUT2D eigenvalue weighted by atomic mass is 9.82. The van der Waals surface area contributed by atoms with Gasteiger partial charge in [0, 0.05) is 24.7 Å². The van der Waals surface area contributed by atoms with Crippen LogP contribution >= 0.6 is 0 Å². The number of ether oxygens (including phenoxy) is 4. The first-order valence-electron chi connectivity index (χ1n) is 9.51. The second-order valence-corrected chi connectivity index (χ2v) is 7.69. The first-order chi connectivity index (χ1) is 14.1. The number of aliphatic carboxylic acids is 1. The maximum atomic E-state index is 11.6. The van der Waals surface area contributed by atoms with Gasteiger partial charge in [-0.2, -0.15) is 0 Å². The van der Waals surface area contributed by atoms with Gasteiger partial charge in [0.2, 0.25) is 6.29 Å².